The third-order valence-corrected chi connectivity index (χ3v) is 3.65. The Balaban J connectivity index is 2.29. The minimum absolute atomic E-state index is 0.00986. The van der Waals surface area contributed by atoms with Crippen LogP contribution < -0.4 is 5.32 Å². The summed E-state index contributed by atoms with van der Waals surface area (Å²) in [6.45, 7) is 6.36. The van der Waals surface area contributed by atoms with Crippen LogP contribution in [0.1, 0.15) is 31.5 Å². The maximum atomic E-state index is 11.7. The zero-order valence-corrected chi connectivity index (χ0v) is 12.7. The van der Waals surface area contributed by atoms with Crippen molar-refractivity contribution >= 4 is 23.2 Å². The van der Waals surface area contributed by atoms with Gasteiger partial charge in [0, 0.05) is 17.3 Å². The summed E-state index contributed by atoms with van der Waals surface area (Å²) in [4.78, 5) is 26.3. The van der Waals surface area contributed by atoms with Crippen LogP contribution in [0.15, 0.2) is 5.38 Å². The normalized spacial score (nSPS) is 11.3. The number of carboxylic acid groups (broad SMARTS) is 1. The number of rotatable bonds is 7. The number of ether oxygens (including phenoxy) is 1. The Morgan fingerprint density at radius 1 is 1.45 bits per heavy atom. The SMILES string of the molecule is CC(C)(C)c1nc(CC(=O)NCCOCC(=O)O)cs1. The topological polar surface area (TPSA) is 88.5 Å². The van der Waals surface area contributed by atoms with Crippen molar-refractivity contribution in [3.05, 3.63) is 16.1 Å². The van der Waals surface area contributed by atoms with Crippen molar-refractivity contribution in [3.8, 4) is 0 Å². The van der Waals surface area contributed by atoms with Crippen molar-refractivity contribution in [2.75, 3.05) is 19.8 Å². The van der Waals surface area contributed by atoms with E-state index in [1.807, 2.05) is 5.38 Å². The fourth-order valence-electron chi connectivity index (χ4n) is 1.38. The molecule has 112 valence electrons. The zero-order chi connectivity index (χ0) is 15.2. The van der Waals surface area contributed by atoms with E-state index >= 15 is 0 Å². The van der Waals surface area contributed by atoms with Crippen LogP contribution in [0.3, 0.4) is 0 Å². The van der Waals surface area contributed by atoms with Gasteiger partial charge >= 0.3 is 5.97 Å². The van der Waals surface area contributed by atoms with Crippen LogP contribution in [0.2, 0.25) is 0 Å². The van der Waals surface area contributed by atoms with Gasteiger partial charge in [-0.15, -0.1) is 11.3 Å². The smallest absolute Gasteiger partial charge is 0.329 e. The average molecular weight is 300 g/mol. The van der Waals surface area contributed by atoms with Crippen molar-refractivity contribution in [2.24, 2.45) is 0 Å². The van der Waals surface area contributed by atoms with Gasteiger partial charge in [0.25, 0.3) is 0 Å². The van der Waals surface area contributed by atoms with Crippen LogP contribution in [-0.4, -0.2) is 41.7 Å². The molecule has 1 amide bonds. The first-order valence-electron chi connectivity index (χ1n) is 6.30. The number of nitrogens with zero attached hydrogens (tertiary/aromatic N) is 1. The minimum Gasteiger partial charge on any atom is -0.480 e. The lowest BCUT2D eigenvalue weighted by Crippen LogP contribution is -2.29. The summed E-state index contributed by atoms with van der Waals surface area (Å²) >= 11 is 1.55. The van der Waals surface area contributed by atoms with Crippen LogP contribution in [0, 0.1) is 0 Å². The van der Waals surface area contributed by atoms with Crippen molar-refractivity contribution < 1.29 is 19.4 Å². The summed E-state index contributed by atoms with van der Waals surface area (Å²) in [6.07, 6.45) is 0.228. The molecule has 1 rings (SSSR count). The summed E-state index contributed by atoms with van der Waals surface area (Å²) in [6, 6.07) is 0. The van der Waals surface area contributed by atoms with Crippen LogP contribution in [0.25, 0.3) is 0 Å². The average Bonchev–Trinajstić information content (AvgIpc) is 2.76. The van der Waals surface area contributed by atoms with Gasteiger partial charge in [0.2, 0.25) is 5.91 Å². The van der Waals surface area contributed by atoms with Crippen molar-refractivity contribution in [3.63, 3.8) is 0 Å². The Morgan fingerprint density at radius 2 is 2.15 bits per heavy atom. The lowest BCUT2D eigenvalue weighted by Gasteiger charge is -2.13. The Labute approximate surface area is 122 Å². The summed E-state index contributed by atoms with van der Waals surface area (Å²) < 4.78 is 4.82. The number of amides is 1. The highest BCUT2D eigenvalue weighted by Crippen LogP contribution is 2.25. The number of carbonyl (C=O) groups is 2. The van der Waals surface area contributed by atoms with E-state index in [4.69, 9.17) is 9.84 Å². The van der Waals surface area contributed by atoms with Crippen LogP contribution >= 0.6 is 11.3 Å². The van der Waals surface area contributed by atoms with Gasteiger partial charge in [-0.1, -0.05) is 20.8 Å². The third kappa shape index (κ3) is 6.12. The molecule has 6 nitrogen and oxygen atoms in total. The number of aromatic nitrogens is 1. The lowest BCUT2D eigenvalue weighted by atomic mass is 9.98. The van der Waals surface area contributed by atoms with E-state index < -0.39 is 5.97 Å². The van der Waals surface area contributed by atoms with Gasteiger partial charge in [-0.25, -0.2) is 9.78 Å². The molecular weight excluding hydrogens is 280 g/mol. The Morgan fingerprint density at radius 3 is 2.70 bits per heavy atom. The van der Waals surface area contributed by atoms with E-state index in [-0.39, 0.29) is 31.0 Å². The number of nitrogens with one attached hydrogen (secondary N) is 1. The first-order valence-corrected chi connectivity index (χ1v) is 7.18. The molecule has 1 aromatic rings. The van der Waals surface area contributed by atoms with Gasteiger partial charge in [0.15, 0.2) is 0 Å². The van der Waals surface area contributed by atoms with Crippen molar-refractivity contribution in [1.82, 2.24) is 10.3 Å². The Hall–Kier alpha value is -1.47. The molecule has 0 aliphatic heterocycles. The Kier molecular flexibility index (Phi) is 6.09. The molecular formula is C13H20N2O4S. The number of carbonyl (C=O) groups excluding carboxylic acids is 1. The molecule has 7 heteroatoms. The third-order valence-electron chi connectivity index (χ3n) is 2.33. The van der Waals surface area contributed by atoms with E-state index in [0.717, 1.165) is 10.7 Å². The van der Waals surface area contributed by atoms with Gasteiger partial charge in [0.1, 0.15) is 6.61 Å². The van der Waals surface area contributed by atoms with E-state index in [1.165, 1.54) is 0 Å². The second kappa shape index (κ2) is 7.35. The van der Waals surface area contributed by atoms with E-state index in [9.17, 15) is 9.59 Å². The second-order valence-electron chi connectivity index (χ2n) is 5.37. The molecule has 0 aliphatic rings. The molecule has 1 aromatic heterocycles. The largest absolute Gasteiger partial charge is 0.480 e. The fraction of sp³-hybridized carbons (Fsp3) is 0.615. The molecule has 0 atom stereocenters. The van der Waals surface area contributed by atoms with Gasteiger partial charge < -0.3 is 15.2 Å². The van der Waals surface area contributed by atoms with Crippen molar-refractivity contribution in [1.29, 1.82) is 0 Å². The number of aliphatic carboxylic acids is 1. The summed E-state index contributed by atoms with van der Waals surface area (Å²) in [5.41, 5.74) is 0.744. The molecule has 0 saturated carbocycles. The molecule has 0 aromatic carbocycles. The first kappa shape index (κ1) is 16.6. The molecule has 20 heavy (non-hydrogen) atoms. The van der Waals surface area contributed by atoms with Gasteiger partial charge in [0.05, 0.1) is 23.7 Å². The lowest BCUT2D eigenvalue weighted by molar-refractivity contribution is -0.142. The van der Waals surface area contributed by atoms with Gasteiger partial charge in [-0.3, -0.25) is 4.79 Å². The molecule has 0 fully saturated rings. The molecule has 2 N–H and O–H groups in total. The van der Waals surface area contributed by atoms with Gasteiger partial charge in [-0.05, 0) is 0 Å². The molecule has 1 heterocycles. The maximum absolute atomic E-state index is 11.7. The number of thiazole rings is 1. The maximum Gasteiger partial charge on any atom is 0.329 e. The molecule has 0 radical (unpaired) electrons. The molecule has 0 spiro atoms. The monoisotopic (exact) mass is 300 g/mol. The summed E-state index contributed by atoms with van der Waals surface area (Å²) in [5.74, 6) is -1.16. The second-order valence-corrected chi connectivity index (χ2v) is 6.23. The van der Waals surface area contributed by atoms with Crippen LogP contribution in [-0.2, 0) is 26.2 Å². The predicted octanol–water partition coefficient (Wildman–Crippen LogP) is 1.20. The van der Waals surface area contributed by atoms with Gasteiger partial charge in [-0.2, -0.15) is 0 Å². The highest BCUT2D eigenvalue weighted by Gasteiger charge is 2.18. The van der Waals surface area contributed by atoms with E-state index in [1.54, 1.807) is 11.3 Å². The first-order chi connectivity index (χ1) is 9.29. The number of carboxylic acids is 1. The van der Waals surface area contributed by atoms with Crippen LogP contribution in [0.4, 0.5) is 0 Å². The standard InChI is InChI=1S/C13H20N2O4S/c1-13(2,3)12-15-9(8-20-12)6-10(16)14-4-5-19-7-11(17)18/h8H,4-7H2,1-3H3,(H,14,16)(H,17,18). The Bertz CT molecular complexity index is 465. The van der Waals surface area contributed by atoms with E-state index in [2.05, 4.69) is 31.1 Å². The zero-order valence-electron chi connectivity index (χ0n) is 11.9. The number of hydrogen-bond acceptors (Lipinski definition) is 5. The molecule has 0 aliphatic carbocycles. The molecule has 0 unspecified atom stereocenters. The van der Waals surface area contributed by atoms with Crippen LogP contribution in [0.5, 0.6) is 0 Å². The molecule has 0 bridgehead atoms. The predicted molar refractivity (Wildman–Crippen MR) is 76.0 cm³/mol. The van der Waals surface area contributed by atoms with E-state index in [0.29, 0.717) is 6.54 Å². The minimum atomic E-state index is -1.02. The van der Waals surface area contributed by atoms with Crippen molar-refractivity contribution in [2.45, 2.75) is 32.6 Å². The molecule has 0 saturated heterocycles. The highest BCUT2D eigenvalue weighted by atomic mass is 32.1. The summed E-state index contributed by atoms with van der Waals surface area (Å²) in [5, 5.41) is 13.9. The quantitative estimate of drug-likeness (QED) is 0.739. The number of hydrogen-bond donors (Lipinski definition) is 2. The highest BCUT2D eigenvalue weighted by molar-refractivity contribution is 7.09. The summed E-state index contributed by atoms with van der Waals surface area (Å²) in [7, 11) is 0. The fourth-order valence-corrected chi connectivity index (χ4v) is 2.29.